The van der Waals surface area contributed by atoms with E-state index < -0.39 is 5.92 Å². The van der Waals surface area contributed by atoms with Crippen LogP contribution in [0.5, 0.6) is 11.5 Å². The number of benzene rings is 1. The molecule has 1 saturated carbocycles. The van der Waals surface area contributed by atoms with E-state index in [1.165, 1.54) is 38.5 Å². The maximum absolute atomic E-state index is 12.9. The second-order valence-electron chi connectivity index (χ2n) is 10.1. The highest BCUT2D eigenvalue weighted by Gasteiger charge is 2.41. The highest BCUT2D eigenvalue weighted by atomic mass is 16.7. The lowest BCUT2D eigenvalue weighted by molar-refractivity contribution is -0.231. The average Bonchev–Trinajstić information content (AvgIpc) is 2.89. The van der Waals surface area contributed by atoms with E-state index >= 15 is 0 Å². The van der Waals surface area contributed by atoms with Gasteiger partial charge >= 0.3 is 5.97 Å². The summed E-state index contributed by atoms with van der Waals surface area (Å²) in [5.74, 6) is 0.738. The minimum Gasteiger partial charge on any atom is -0.494 e. The van der Waals surface area contributed by atoms with Crippen LogP contribution >= 0.6 is 0 Å². The van der Waals surface area contributed by atoms with Gasteiger partial charge in [-0.1, -0.05) is 52.4 Å². The standard InChI is InChI=1S/C29H43NO5/c1-3-5-7-9-17-32-25-12-14-26(15-13-25)35-28(31)27-16-11-23(18-24(27)19-30)29-33-20-22(21-34-29)10-8-6-4-2/h12-15,22-24,27,29H,3-11,16-18,20-21H2,1-2H3. The molecule has 0 amide bonds. The summed E-state index contributed by atoms with van der Waals surface area (Å²) in [5, 5.41) is 9.77. The van der Waals surface area contributed by atoms with Crippen LogP contribution in [0, 0.1) is 35.0 Å². The lowest BCUT2D eigenvalue weighted by atomic mass is 9.74. The molecule has 2 aliphatic rings. The first kappa shape index (κ1) is 27.5. The number of nitriles is 1. The van der Waals surface area contributed by atoms with E-state index in [9.17, 15) is 10.1 Å². The second kappa shape index (κ2) is 15.1. The maximum Gasteiger partial charge on any atom is 0.315 e. The van der Waals surface area contributed by atoms with E-state index in [0.29, 0.717) is 31.1 Å². The number of nitrogens with zero attached hydrogens (tertiary/aromatic N) is 1. The Morgan fingerprint density at radius 1 is 0.971 bits per heavy atom. The van der Waals surface area contributed by atoms with Gasteiger partial charge in [-0.2, -0.15) is 5.26 Å². The van der Waals surface area contributed by atoms with Crippen LogP contribution in [0.15, 0.2) is 24.3 Å². The highest BCUT2D eigenvalue weighted by Crippen LogP contribution is 2.38. The maximum atomic E-state index is 12.9. The normalized spacial score (nSPS) is 26.6. The van der Waals surface area contributed by atoms with E-state index in [1.54, 1.807) is 12.1 Å². The van der Waals surface area contributed by atoms with Gasteiger partial charge in [-0.3, -0.25) is 4.79 Å². The Bertz CT molecular complexity index is 781. The molecule has 1 aromatic carbocycles. The van der Waals surface area contributed by atoms with Crippen LogP contribution in [0.1, 0.15) is 84.5 Å². The van der Waals surface area contributed by atoms with Crippen molar-refractivity contribution < 1.29 is 23.7 Å². The van der Waals surface area contributed by atoms with Crippen molar-refractivity contribution in [2.24, 2.45) is 23.7 Å². The van der Waals surface area contributed by atoms with Crippen molar-refractivity contribution in [3.8, 4) is 17.6 Å². The number of ether oxygens (including phenoxy) is 4. The van der Waals surface area contributed by atoms with Gasteiger partial charge in [-0.15, -0.1) is 0 Å². The third-order valence-electron chi connectivity index (χ3n) is 7.26. The number of hydrogen-bond acceptors (Lipinski definition) is 6. The molecule has 1 aliphatic carbocycles. The Balaban J connectivity index is 1.42. The summed E-state index contributed by atoms with van der Waals surface area (Å²) in [6.45, 7) is 6.55. The molecule has 0 N–H and O–H groups in total. The minimum absolute atomic E-state index is 0.147. The average molecular weight is 486 g/mol. The van der Waals surface area contributed by atoms with Crippen LogP contribution in [0.2, 0.25) is 0 Å². The fourth-order valence-corrected chi connectivity index (χ4v) is 5.07. The summed E-state index contributed by atoms with van der Waals surface area (Å²) in [5.41, 5.74) is 0. The Kier molecular flexibility index (Phi) is 11.9. The molecule has 0 aromatic heterocycles. The summed E-state index contributed by atoms with van der Waals surface area (Å²) in [6.07, 6.45) is 11.2. The summed E-state index contributed by atoms with van der Waals surface area (Å²) in [7, 11) is 0. The van der Waals surface area contributed by atoms with Gasteiger partial charge in [-0.25, -0.2) is 0 Å². The second-order valence-corrected chi connectivity index (χ2v) is 10.1. The van der Waals surface area contributed by atoms with Gasteiger partial charge in [0, 0.05) is 11.8 Å². The zero-order chi connectivity index (χ0) is 24.9. The molecule has 3 rings (SSSR count). The van der Waals surface area contributed by atoms with E-state index in [4.69, 9.17) is 18.9 Å². The molecule has 1 aromatic rings. The van der Waals surface area contributed by atoms with E-state index in [0.717, 1.165) is 38.2 Å². The molecule has 1 saturated heterocycles. The summed E-state index contributed by atoms with van der Waals surface area (Å²) in [4.78, 5) is 12.9. The van der Waals surface area contributed by atoms with Crippen molar-refractivity contribution >= 4 is 5.97 Å². The van der Waals surface area contributed by atoms with Crippen LogP contribution < -0.4 is 9.47 Å². The lowest BCUT2D eigenvalue weighted by Gasteiger charge is -2.38. The molecule has 0 radical (unpaired) electrons. The SMILES string of the molecule is CCCCCCOc1ccc(OC(=O)C2CCC(C3OCC(CCCCC)CO3)CC2C#N)cc1. The minimum atomic E-state index is -0.420. The van der Waals surface area contributed by atoms with E-state index in [1.807, 2.05) is 12.1 Å². The Morgan fingerprint density at radius 3 is 2.34 bits per heavy atom. The molecule has 194 valence electrons. The van der Waals surface area contributed by atoms with Crippen LogP contribution in [0.4, 0.5) is 0 Å². The van der Waals surface area contributed by atoms with Gasteiger partial charge in [0.2, 0.25) is 0 Å². The third kappa shape index (κ3) is 8.81. The van der Waals surface area contributed by atoms with Crippen LogP contribution in [0.25, 0.3) is 0 Å². The monoisotopic (exact) mass is 485 g/mol. The van der Waals surface area contributed by atoms with E-state index in [-0.39, 0.29) is 24.1 Å². The number of unbranched alkanes of at least 4 members (excludes halogenated alkanes) is 5. The van der Waals surface area contributed by atoms with Crippen LogP contribution in [0.3, 0.4) is 0 Å². The first-order chi connectivity index (χ1) is 17.1. The fourth-order valence-electron chi connectivity index (χ4n) is 5.07. The lowest BCUT2D eigenvalue weighted by Crippen LogP contribution is -2.42. The Hall–Kier alpha value is -2.10. The molecule has 0 spiro atoms. The van der Waals surface area contributed by atoms with Crippen molar-refractivity contribution in [3.63, 3.8) is 0 Å². The third-order valence-corrected chi connectivity index (χ3v) is 7.26. The van der Waals surface area contributed by atoms with Crippen LogP contribution in [-0.4, -0.2) is 32.1 Å². The molecule has 1 aliphatic heterocycles. The van der Waals surface area contributed by atoms with Gasteiger partial charge in [0.25, 0.3) is 0 Å². The summed E-state index contributed by atoms with van der Waals surface area (Å²) < 4.78 is 23.5. The number of rotatable bonds is 13. The predicted molar refractivity (Wildman–Crippen MR) is 135 cm³/mol. The number of carbonyl (C=O) groups is 1. The molecule has 1 heterocycles. The zero-order valence-corrected chi connectivity index (χ0v) is 21.6. The molecular weight excluding hydrogens is 442 g/mol. The first-order valence-corrected chi connectivity index (χ1v) is 13.7. The molecule has 6 heteroatoms. The van der Waals surface area contributed by atoms with Gasteiger partial charge < -0.3 is 18.9 Å². The first-order valence-electron chi connectivity index (χ1n) is 13.7. The molecular formula is C29H43NO5. The number of hydrogen-bond donors (Lipinski definition) is 0. The molecule has 35 heavy (non-hydrogen) atoms. The molecule has 6 nitrogen and oxygen atoms in total. The Morgan fingerprint density at radius 2 is 1.66 bits per heavy atom. The molecule has 3 atom stereocenters. The smallest absolute Gasteiger partial charge is 0.315 e. The number of carbonyl (C=O) groups excluding carboxylic acids is 1. The molecule has 0 bridgehead atoms. The van der Waals surface area contributed by atoms with Gasteiger partial charge in [0.15, 0.2) is 6.29 Å². The van der Waals surface area contributed by atoms with Gasteiger partial charge in [0.1, 0.15) is 11.5 Å². The zero-order valence-electron chi connectivity index (χ0n) is 21.6. The van der Waals surface area contributed by atoms with Gasteiger partial charge in [-0.05, 0) is 56.4 Å². The Labute approximate surface area is 211 Å². The topological polar surface area (TPSA) is 77.8 Å². The fraction of sp³-hybridized carbons (Fsp3) is 0.724. The van der Waals surface area contributed by atoms with Gasteiger partial charge in [0.05, 0.1) is 37.7 Å². The summed E-state index contributed by atoms with van der Waals surface area (Å²) >= 11 is 0. The van der Waals surface area contributed by atoms with Crippen molar-refractivity contribution in [1.29, 1.82) is 5.26 Å². The van der Waals surface area contributed by atoms with Crippen LogP contribution in [-0.2, 0) is 14.3 Å². The predicted octanol–water partition coefficient (Wildman–Crippen LogP) is 6.68. The summed E-state index contributed by atoms with van der Waals surface area (Å²) in [6, 6.07) is 9.52. The molecule has 3 unspecified atom stereocenters. The van der Waals surface area contributed by atoms with Crippen molar-refractivity contribution in [2.45, 2.75) is 90.8 Å². The molecule has 2 fully saturated rings. The van der Waals surface area contributed by atoms with E-state index in [2.05, 4.69) is 19.9 Å². The largest absolute Gasteiger partial charge is 0.494 e. The van der Waals surface area contributed by atoms with Crippen molar-refractivity contribution in [3.05, 3.63) is 24.3 Å². The quantitative estimate of drug-likeness (QED) is 0.176. The van der Waals surface area contributed by atoms with Crippen molar-refractivity contribution in [1.82, 2.24) is 0 Å². The highest BCUT2D eigenvalue weighted by molar-refractivity contribution is 5.76. The number of esters is 1. The van der Waals surface area contributed by atoms with Crippen molar-refractivity contribution in [2.75, 3.05) is 19.8 Å².